The van der Waals surface area contributed by atoms with Crippen LogP contribution in [0.3, 0.4) is 0 Å². The van der Waals surface area contributed by atoms with E-state index < -0.39 is 0 Å². The number of rotatable bonds is 4. The van der Waals surface area contributed by atoms with Gasteiger partial charge in [0, 0.05) is 11.7 Å². The summed E-state index contributed by atoms with van der Waals surface area (Å²) in [6, 6.07) is 22.0. The van der Waals surface area contributed by atoms with Crippen LogP contribution in [0.1, 0.15) is 24.4 Å². The highest BCUT2D eigenvalue weighted by molar-refractivity contribution is 5.45. The molecule has 0 spiro atoms. The molecule has 0 aromatic heterocycles. The van der Waals surface area contributed by atoms with E-state index in [2.05, 4.69) is 71.3 Å². The SMILES string of the molecule is c1ccc(N[C@@H](c2ccccc2)[C@H]2CCCN2)cc1. The van der Waals surface area contributed by atoms with E-state index in [1.807, 2.05) is 0 Å². The van der Waals surface area contributed by atoms with Gasteiger partial charge in [-0.25, -0.2) is 0 Å². The van der Waals surface area contributed by atoms with Gasteiger partial charge in [0.2, 0.25) is 0 Å². The Morgan fingerprint density at radius 1 is 0.947 bits per heavy atom. The zero-order chi connectivity index (χ0) is 12.9. The molecule has 2 nitrogen and oxygen atoms in total. The van der Waals surface area contributed by atoms with Gasteiger partial charge in [-0.3, -0.25) is 0 Å². The first-order valence-corrected chi connectivity index (χ1v) is 7.03. The Bertz CT molecular complexity index is 489. The van der Waals surface area contributed by atoms with Crippen LogP contribution < -0.4 is 10.6 Å². The number of nitrogens with one attached hydrogen (secondary N) is 2. The topological polar surface area (TPSA) is 24.1 Å². The van der Waals surface area contributed by atoms with Crippen molar-refractivity contribution in [2.75, 3.05) is 11.9 Å². The van der Waals surface area contributed by atoms with Crippen LogP contribution in [0.15, 0.2) is 60.7 Å². The van der Waals surface area contributed by atoms with Crippen molar-refractivity contribution in [2.45, 2.75) is 24.9 Å². The number of benzene rings is 2. The summed E-state index contributed by atoms with van der Waals surface area (Å²) in [7, 11) is 0. The van der Waals surface area contributed by atoms with Crippen molar-refractivity contribution in [3.63, 3.8) is 0 Å². The van der Waals surface area contributed by atoms with Gasteiger partial charge >= 0.3 is 0 Å². The zero-order valence-electron chi connectivity index (χ0n) is 11.0. The Hall–Kier alpha value is -1.80. The number of para-hydroxylation sites is 1. The molecule has 98 valence electrons. The van der Waals surface area contributed by atoms with Crippen molar-refractivity contribution in [1.29, 1.82) is 0 Å². The van der Waals surface area contributed by atoms with Crippen LogP contribution in [-0.2, 0) is 0 Å². The van der Waals surface area contributed by atoms with E-state index >= 15 is 0 Å². The molecule has 1 heterocycles. The summed E-state index contributed by atoms with van der Waals surface area (Å²) in [6.07, 6.45) is 2.50. The normalized spacial score (nSPS) is 20.1. The molecule has 1 aliphatic rings. The van der Waals surface area contributed by atoms with Crippen molar-refractivity contribution in [3.8, 4) is 0 Å². The highest BCUT2D eigenvalue weighted by Gasteiger charge is 2.25. The number of hydrogen-bond donors (Lipinski definition) is 2. The van der Waals surface area contributed by atoms with Gasteiger partial charge in [-0.05, 0) is 37.1 Å². The Kier molecular flexibility index (Phi) is 3.80. The minimum Gasteiger partial charge on any atom is -0.377 e. The molecule has 2 N–H and O–H groups in total. The van der Waals surface area contributed by atoms with Crippen molar-refractivity contribution >= 4 is 5.69 Å². The quantitative estimate of drug-likeness (QED) is 0.869. The molecule has 1 saturated heterocycles. The molecule has 0 bridgehead atoms. The maximum Gasteiger partial charge on any atom is 0.0667 e. The highest BCUT2D eigenvalue weighted by atomic mass is 15.0. The molecule has 19 heavy (non-hydrogen) atoms. The molecule has 1 aliphatic heterocycles. The van der Waals surface area contributed by atoms with Crippen LogP contribution in [-0.4, -0.2) is 12.6 Å². The van der Waals surface area contributed by atoms with Gasteiger partial charge in [0.25, 0.3) is 0 Å². The van der Waals surface area contributed by atoms with E-state index in [9.17, 15) is 0 Å². The minimum atomic E-state index is 0.339. The Labute approximate surface area is 114 Å². The molecule has 3 rings (SSSR count). The van der Waals surface area contributed by atoms with E-state index in [0.717, 1.165) is 6.54 Å². The molecule has 1 fully saturated rings. The van der Waals surface area contributed by atoms with E-state index in [1.54, 1.807) is 0 Å². The highest BCUT2D eigenvalue weighted by Crippen LogP contribution is 2.27. The predicted octanol–water partition coefficient (Wildman–Crippen LogP) is 3.59. The van der Waals surface area contributed by atoms with Crippen molar-refractivity contribution in [3.05, 3.63) is 66.2 Å². The second kappa shape index (κ2) is 5.89. The van der Waals surface area contributed by atoms with Gasteiger partial charge in [0.1, 0.15) is 0 Å². The fourth-order valence-electron chi connectivity index (χ4n) is 2.79. The maximum atomic E-state index is 3.67. The first kappa shape index (κ1) is 12.2. The lowest BCUT2D eigenvalue weighted by Crippen LogP contribution is -2.33. The summed E-state index contributed by atoms with van der Waals surface area (Å²) in [4.78, 5) is 0. The third-order valence-corrected chi connectivity index (χ3v) is 3.76. The average Bonchev–Trinajstić information content (AvgIpc) is 3.01. The van der Waals surface area contributed by atoms with E-state index in [4.69, 9.17) is 0 Å². The monoisotopic (exact) mass is 252 g/mol. The van der Waals surface area contributed by atoms with Crippen LogP contribution >= 0.6 is 0 Å². The van der Waals surface area contributed by atoms with Gasteiger partial charge in [-0.2, -0.15) is 0 Å². The molecule has 2 atom stereocenters. The second-order valence-corrected chi connectivity index (χ2v) is 5.10. The van der Waals surface area contributed by atoms with Crippen molar-refractivity contribution in [1.82, 2.24) is 5.32 Å². The van der Waals surface area contributed by atoms with Gasteiger partial charge in [-0.1, -0.05) is 48.5 Å². The molecule has 0 aliphatic carbocycles. The molecule has 0 amide bonds. The first-order valence-electron chi connectivity index (χ1n) is 7.03. The maximum absolute atomic E-state index is 3.67. The van der Waals surface area contributed by atoms with Gasteiger partial charge < -0.3 is 10.6 Å². The van der Waals surface area contributed by atoms with Crippen molar-refractivity contribution in [2.24, 2.45) is 0 Å². The molecule has 2 heteroatoms. The Balaban J connectivity index is 1.84. The average molecular weight is 252 g/mol. The summed E-state index contributed by atoms with van der Waals surface area (Å²) in [5.41, 5.74) is 2.54. The van der Waals surface area contributed by atoms with Crippen LogP contribution in [0, 0.1) is 0 Å². The Morgan fingerprint density at radius 2 is 1.63 bits per heavy atom. The van der Waals surface area contributed by atoms with Crippen LogP contribution in [0.25, 0.3) is 0 Å². The van der Waals surface area contributed by atoms with E-state index in [1.165, 1.54) is 24.1 Å². The summed E-state index contributed by atoms with van der Waals surface area (Å²) in [6.45, 7) is 1.13. The van der Waals surface area contributed by atoms with E-state index in [-0.39, 0.29) is 0 Å². The smallest absolute Gasteiger partial charge is 0.0667 e. The molecule has 0 saturated carbocycles. The Morgan fingerprint density at radius 3 is 2.26 bits per heavy atom. The van der Waals surface area contributed by atoms with E-state index in [0.29, 0.717) is 12.1 Å². The third kappa shape index (κ3) is 2.96. The largest absolute Gasteiger partial charge is 0.377 e. The fourth-order valence-corrected chi connectivity index (χ4v) is 2.79. The molecule has 2 aromatic rings. The minimum absolute atomic E-state index is 0.339. The summed E-state index contributed by atoms with van der Waals surface area (Å²) in [5.74, 6) is 0. The number of hydrogen-bond acceptors (Lipinski definition) is 2. The molecule has 2 aromatic carbocycles. The molecule has 0 radical (unpaired) electrons. The lowest BCUT2D eigenvalue weighted by atomic mass is 9.97. The lowest BCUT2D eigenvalue weighted by Gasteiger charge is -2.26. The predicted molar refractivity (Wildman–Crippen MR) is 80.3 cm³/mol. The zero-order valence-corrected chi connectivity index (χ0v) is 11.0. The third-order valence-electron chi connectivity index (χ3n) is 3.76. The second-order valence-electron chi connectivity index (χ2n) is 5.10. The van der Waals surface area contributed by atoms with Crippen LogP contribution in [0.4, 0.5) is 5.69 Å². The van der Waals surface area contributed by atoms with Gasteiger partial charge in [0.15, 0.2) is 0 Å². The summed E-state index contributed by atoms with van der Waals surface area (Å²) in [5, 5.41) is 7.29. The fraction of sp³-hybridized carbons (Fsp3) is 0.294. The molecular formula is C17H20N2. The lowest BCUT2D eigenvalue weighted by molar-refractivity contribution is 0.527. The van der Waals surface area contributed by atoms with Gasteiger partial charge in [-0.15, -0.1) is 0 Å². The molecule has 0 unspecified atom stereocenters. The first-order chi connectivity index (χ1) is 9.43. The standard InChI is InChI=1S/C17H20N2/c1-3-8-14(9-4-1)17(16-12-7-13-18-16)19-15-10-5-2-6-11-15/h1-6,8-11,16-19H,7,12-13H2/t16-,17+/m1/s1. The van der Waals surface area contributed by atoms with Crippen LogP contribution in [0.5, 0.6) is 0 Å². The summed E-state index contributed by atoms with van der Waals surface area (Å²) >= 11 is 0. The number of anilines is 1. The molecular weight excluding hydrogens is 232 g/mol. The summed E-state index contributed by atoms with van der Waals surface area (Å²) < 4.78 is 0. The van der Waals surface area contributed by atoms with Crippen molar-refractivity contribution < 1.29 is 0 Å². The van der Waals surface area contributed by atoms with Gasteiger partial charge in [0.05, 0.1) is 6.04 Å². The van der Waals surface area contributed by atoms with Crippen LogP contribution in [0.2, 0.25) is 0 Å².